The molecule has 0 bridgehead atoms. The van der Waals surface area contributed by atoms with E-state index in [1.807, 2.05) is 0 Å². The summed E-state index contributed by atoms with van der Waals surface area (Å²) >= 11 is 0. The van der Waals surface area contributed by atoms with E-state index in [0.717, 1.165) is 17.9 Å². The topological polar surface area (TPSA) is 18.5 Å². The normalized spacial score (nSPS) is 34.5. The number of likely N-dealkylation sites (tertiary alicyclic amines) is 1. The molecular formula is C13H27N3. The van der Waals surface area contributed by atoms with Crippen LogP contribution >= 0.6 is 0 Å². The molecule has 2 aliphatic heterocycles. The molecule has 3 atom stereocenters. The molecule has 0 aromatic carbocycles. The Hall–Kier alpha value is -0.120. The maximum atomic E-state index is 3.56. The van der Waals surface area contributed by atoms with E-state index in [-0.39, 0.29) is 0 Å². The molecule has 3 unspecified atom stereocenters. The fourth-order valence-corrected chi connectivity index (χ4v) is 3.65. The van der Waals surface area contributed by atoms with Crippen molar-refractivity contribution >= 4 is 0 Å². The second-order valence-corrected chi connectivity index (χ2v) is 5.87. The standard InChI is InChI=1S/C13H27N3/c1-15(2)13(11-5-4-7-14-9-11)12-6-8-16(3)10-12/h11-14H,4-10H2,1-3H3. The Balaban J connectivity index is 1.98. The quantitative estimate of drug-likeness (QED) is 0.769. The van der Waals surface area contributed by atoms with Gasteiger partial charge in [-0.2, -0.15) is 0 Å². The van der Waals surface area contributed by atoms with Crippen LogP contribution in [0.4, 0.5) is 0 Å². The van der Waals surface area contributed by atoms with Crippen LogP contribution in [-0.4, -0.2) is 63.2 Å². The SMILES string of the molecule is CN1CCC(C(C2CCCNC2)N(C)C)C1. The lowest BCUT2D eigenvalue weighted by Gasteiger charge is -2.39. The number of rotatable bonds is 3. The van der Waals surface area contributed by atoms with Crippen LogP contribution in [0.5, 0.6) is 0 Å². The average molecular weight is 225 g/mol. The van der Waals surface area contributed by atoms with Crippen molar-refractivity contribution in [1.29, 1.82) is 0 Å². The lowest BCUT2D eigenvalue weighted by molar-refractivity contribution is 0.123. The molecule has 3 heteroatoms. The first-order chi connectivity index (χ1) is 7.68. The summed E-state index contributed by atoms with van der Waals surface area (Å²) in [5.74, 6) is 1.74. The molecule has 1 N–H and O–H groups in total. The van der Waals surface area contributed by atoms with Crippen molar-refractivity contribution < 1.29 is 0 Å². The Labute approximate surface area is 100 Å². The highest BCUT2D eigenvalue weighted by atomic mass is 15.2. The van der Waals surface area contributed by atoms with Crippen LogP contribution < -0.4 is 5.32 Å². The fraction of sp³-hybridized carbons (Fsp3) is 1.00. The van der Waals surface area contributed by atoms with Gasteiger partial charge in [-0.15, -0.1) is 0 Å². The van der Waals surface area contributed by atoms with Gasteiger partial charge in [0.25, 0.3) is 0 Å². The highest BCUT2D eigenvalue weighted by Gasteiger charge is 2.35. The van der Waals surface area contributed by atoms with Gasteiger partial charge in [0.15, 0.2) is 0 Å². The van der Waals surface area contributed by atoms with Crippen molar-refractivity contribution in [1.82, 2.24) is 15.1 Å². The zero-order valence-corrected chi connectivity index (χ0v) is 11.1. The summed E-state index contributed by atoms with van der Waals surface area (Å²) in [5, 5.41) is 3.56. The Morgan fingerprint density at radius 2 is 2.06 bits per heavy atom. The first-order valence-electron chi connectivity index (χ1n) is 6.74. The summed E-state index contributed by atoms with van der Waals surface area (Å²) in [6.45, 7) is 5.03. The van der Waals surface area contributed by atoms with Crippen molar-refractivity contribution in [3.63, 3.8) is 0 Å². The molecule has 3 nitrogen and oxygen atoms in total. The predicted octanol–water partition coefficient (Wildman–Crippen LogP) is 0.868. The third-order valence-corrected chi connectivity index (χ3v) is 4.33. The van der Waals surface area contributed by atoms with Gasteiger partial charge in [-0.3, -0.25) is 0 Å². The molecule has 0 aromatic rings. The van der Waals surface area contributed by atoms with Gasteiger partial charge in [0.1, 0.15) is 0 Å². The van der Waals surface area contributed by atoms with Gasteiger partial charge < -0.3 is 15.1 Å². The number of nitrogens with one attached hydrogen (secondary N) is 1. The maximum Gasteiger partial charge on any atom is 0.0170 e. The van der Waals surface area contributed by atoms with E-state index in [1.54, 1.807) is 0 Å². The van der Waals surface area contributed by atoms with Crippen LogP contribution in [0.3, 0.4) is 0 Å². The monoisotopic (exact) mass is 225 g/mol. The molecular weight excluding hydrogens is 198 g/mol. The molecule has 94 valence electrons. The van der Waals surface area contributed by atoms with Gasteiger partial charge in [0.05, 0.1) is 0 Å². The zero-order chi connectivity index (χ0) is 11.5. The Bertz CT molecular complexity index is 206. The zero-order valence-electron chi connectivity index (χ0n) is 11.1. The van der Waals surface area contributed by atoms with Crippen LogP contribution in [0.15, 0.2) is 0 Å². The molecule has 0 saturated carbocycles. The largest absolute Gasteiger partial charge is 0.316 e. The summed E-state index contributed by atoms with van der Waals surface area (Å²) < 4.78 is 0. The van der Waals surface area contributed by atoms with Gasteiger partial charge in [-0.25, -0.2) is 0 Å². The molecule has 0 aliphatic carbocycles. The molecule has 16 heavy (non-hydrogen) atoms. The summed E-state index contributed by atoms with van der Waals surface area (Å²) in [6, 6.07) is 0.776. The third-order valence-electron chi connectivity index (χ3n) is 4.33. The minimum Gasteiger partial charge on any atom is -0.316 e. The van der Waals surface area contributed by atoms with Gasteiger partial charge in [-0.05, 0) is 71.9 Å². The Kier molecular flexibility index (Phi) is 4.22. The van der Waals surface area contributed by atoms with Crippen molar-refractivity contribution in [3.8, 4) is 0 Å². The predicted molar refractivity (Wildman–Crippen MR) is 68.7 cm³/mol. The van der Waals surface area contributed by atoms with E-state index in [1.165, 1.54) is 45.4 Å². The molecule has 0 spiro atoms. The van der Waals surface area contributed by atoms with Crippen molar-refractivity contribution in [3.05, 3.63) is 0 Å². The summed E-state index contributed by atoms with van der Waals surface area (Å²) in [7, 11) is 6.78. The summed E-state index contributed by atoms with van der Waals surface area (Å²) in [6.07, 6.45) is 4.16. The van der Waals surface area contributed by atoms with Gasteiger partial charge in [0.2, 0.25) is 0 Å². The Morgan fingerprint density at radius 3 is 2.56 bits per heavy atom. The molecule has 2 rings (SSSR count). The number of piperidine rings is 1. The molecule has 2 fully saturated rings. The molecule has 2 saturated heterocycles. The third kappa shape index (κ3) is 2.76. The molecule has 2 aliphatic rings. The van der Waals surface area contributed by atoms with E-state index in [2.05, 4.69) is 36.3 Å². The summed E-state index contributed by atoms with van der Waals surface area (Å²) in [4.78, 5) is 4.96. The first kappa shape index (κ1) is 12.3. The fourth-order valence-electron chi connectivity index (χ4n) is 3.65. The van der Waals surface area contributed by atoms with Crippen molar-refractivity contribution in [2.45, 2.75) is 25.3 Å². The van der Waals surface area contributed by atoms with Crippen LogP contribution in [0.2, 0.25) is 0 Å². The van der Waals surface area contributed by atoms with Crippen molar-refractivity contribution in [2.75, 3.05) is 47.3 Å². The van der Waals surface area contributed by atoms with Gasteiger partial charge >= 0.3 is 0 Å². The number of nitrogens with zero attached hydrogens (tertiary/aromatic N) is 2. The molecule has 0 radical (unpaired) electrons. The van der Waals surface area contributed by atoms with Gasteiger partial charge in [0, 0.05) is 12.6 Å². The number of hydrogen-bond acceptors (Lipinski definition) is 3. The molecule has 2 heterocycles. The van der Waals surface area contributed by atoms with Crippen LogP contribution in [0, 0.1) is 11.8 Å². The first-order valence-corrected chi connectivity index (χ1v) is 6.74. The lowest BCUT2D eigenvalue weighted by Crippen LogP contribution is -2.48. The average Bonchev–Trinajstić information content (AvgIpc) is 2.66. The highest BCUT2D eigenvalue weighted by molar-refractivity contribution is 4.90. The number of hydrogen-bond donors (Lipinski definition) is 1. The second kappa shape index (κ2) is 5.48. The van der Waals surface area contributed by atoms with E-state index < -0.39 is 0 Å². The van der Waals surface area contributed by atoms with E-state index >= 15 is 0 Å². The van der Waals surface area contributed by atoms with Gasteiger partial charge in [-0.1, -0.05) is 0 Å². The van der Waals surface area contributed by atoms with E-state index in [0.29, 0.717) is 0 Å². The van der Waals surface area contributed by atoms with Crippen LogP contribution in [-0.2, 0) is 0 Å². The van der Waals surface area contributed by atoms with Crippen molar-refractivity contribution in [2.24, 2.45) is 11.8 Å². The second-order valence-electron chi connectivity index (χ2n) is 5.87. The van der Waals surface area contributed by atoms with Crippen LogP contribution in [0.1, 0.15) is 19.3 Å². The summed E-state index contributed by atoms with van der Waals surface area (Å²) in [5.41, 5.74) is 0. The lowest BCUT2D eigenvalue weighted by atomic mass is 9.82. The maximum absolute atomic E-state index is 3.56. The Morgan fingerprint density at radius 1 is 1.25 bits per heavy atom. The minimum absolute atomic E-state index is 0.776. The molecule has 0 amide bonds. The highest BCUT2D eigenvalue weighted by Crippen LogP contribution is 2.29. The van der Waals surface area contributed by atoms with E-state index in [9.17, 15) is 0 Å². The molecule has 0 aromatic heterocycles. The minimum atomic E-state index is 0.776. The van der Waals surface area contributed by atoms with Crippen LogP contribution in [0.25, 0.3) is 0 Å². The van der Waals surface area contributed by atoms with E-state index in [4.69, 9.17) is 0 Å². The smallest absolute Gasteiger partial charge is 0.0170 e.